The molecule has 0 N–H and O–H groups in total. The Morgan fingerprint density at radius 1 is 1.45 bits per heavy atom. The van der Waals surface area contributed by atoms with Crippen molar-refractivity contribution in [2.75, 3.05) is 0 Å². The Bertz CT molecular complexity index is 182. The summed E-state index contributed by atoms with van der Waals surface area (Å²) < 4.78 is 0.408. The number of rotatable bonds is 2. The SMILES string of the molecule is CC(C)(I)CC1=CCCC=C1. The van der Waals surface area contributed by atoms with E-state index in [0.717, 1.165) is 0 Å². The van der Waals surface area contributed by atoms with Gasteiger partial charge in [0.15, 0.2) is 0 Å². The van der Waals surface area contributed by atoms with Gasteiger partial charge < -0.3 is 0 Å². The molecule has 0 atom stereocenters. The summed E-state index contributed by atoms with van der Waals surface area (Å²) in [5, 5.41) is 0. The lowest BCUT2D eigenvalue weighted by Gasteiger charge is -2.17. The second-order valence-electron chi connectivity index (χ2n) is 3.65. The summed E-state index contributed by atoms with van der Waals surface area (Å²) in [6, 6.07) is 0. The fourth-order valence-electron chi connectivity index (χ4n) is 1.28. The molecule has 0 nitrogen and oxygen atoms in total. The second-order valence-corrected chi connectivity index (χ2v) is 6.57. The molecule has 0 amide bonds. The van der Waals surface area contributed by atoms with E-state index in [2.05, 4.69) is 54.7 Å². The average Bonchev–Trinajstić information content (AvgIpc) is 1.85. The van der Waals surface area contributed by atoms with Gasteiger partial charge in [-0.2, -0.15) is 0 Å². The maximum atomic E-state index is 2.50. The van der Waals surface area contributed by atoms with Gasteiger partial charge in [0, 0.05) is 3.42 Å². The zero-order chi connectivity index (χ0) is 8.32. The lowest BCUT2D eigenvalue weighted by Crippen LogP contribution is -2.09. The number of allylic oxidation sites excluding steroid dienone is 4. The van der Waals surface area contributed by atoms with Crippen LogP contribution in [0.25, 0.3) is 0 Å². The minimum atomic E-state index is 0.408. The summed E-state index contributed by atoms with van der Waals surface area (Å²) in [6.07, 6.45) is 10.6. The van der Waals surface area contributed by atoms with Gasteiger partial charge >= 0.3 is 0 Å². The first-order chi connectivity index (χ1) is 5.08. The van der Waals surface area contributed by atoms with Gasteiger partial charge in [0.1, 0.15) is 0 Å². The first-order valence-corrected chi connectivity index (χ1v) is 5.20. The predicted molar refractivity (Wildman–Crippen MR) is 59.2 cm³/mol. The van der Waals surface area contributed by atoms with Crippen LogP contribution in [0.5, 0.6) is 0 Å². The molecule has 11 heavy (non-hydrogen) atoms. The smallest absolute Gasteiger partial charge is 0.0206 e. The van der Waals surface area contributed by atoms with Crippen molar-refractivity contribution in [2.45, 2.75) is 36.5 Å². The van der Waals surface area contributed by atoms with Crippen LogP contribution in [-0.2, 0) is 0 Å². The number of halogens is 1. The summed E-state index contributed by atoms with van der Waals surface area (Å²) in [5.41, 5.74) is 1.51. The third-order valence-electron chi connectivity index (χ3n) is 1.70. The Balaban J connectivity index is 2.49. The van der Waals surface area contributed by atoms with Crippen LogP contribution in [0.2, 0.25) is 0 Å². The quantitative estimate of drug-likeness (QED) is 0.523. The first-order valence-electron chi connectivity index (χ1n) is 4.12. The van der Waals surface area contributed by atoms with Gasteiger partial charge in [0.2, 0.25) is 0 Å². The molecule has 0 aromatic heterocycles. The molecule has 1 aliphatic carbocycles. The summed E-state index contributed by atoms with van der Waals surface area (Å²) in [4.78, 5) is 0. The highest BCUT2D eigenvalue weighted by atomic mass is 127. The van der Waals surface area contributed by atoms with Gasteiger partial charge in [-0.1, -0.05) is 60.2 Å². The zero-order valence-corrected chi connectivity index (χ0v) is 9.39. The first kappa shape index (κ1) is 9.30. The van der Waals surface area contributed by atoms with Crippen molar-refractivity contribution in [3.63, 3.8) is 0 Å². The summed E-state index contributed by atoms with van der Waals surface area (Å²) >= 11 is 2.50. The Hall–Kier alpha value is 0.210. The third-order valence-corrected chi connectivity index (χ3v) is 2.08. The highest BCUT2D eigenvalue weighted by Crippen LogP contribution is 2.27. The third kappa shape index (κ3) is 3.94. The second kappa shape index (κ2) is 3.74. The largest absolute Gasteiger partial charge is 0.0840 e. The van der Waals surface area contributed by atoms with Crippen molar-refractivity contribution in [2.24, 2.45) is 0 Å². The van der Waals surface area contributed by atoms with Crippen molar-refractivity contribution in [1.82, 2.24) is 0 Å². The van der Waals surface area contributed by atoms with E-state index in [9.17, 15) is 0 Å². The number of hydrogen-bond acceptors (Lipinski definition) is 0. The highest BCUT2D eigenvalue weighted by molar-refractivity contribution is 14.1. The molecule has 0 fully saturated rings. The molecule has 0 bridgehead atoms. The van der Waals surface area contributed by atoms with Crippen molar-refractivity contribution < 1.29 is 0 Å². The van der Waals surface area contributed by atoms with Gasteiger partial charge in [-0.15, -0.1) is 0 Å². The van der Waals surface area contributed by atoms with Crippen LogP contribution in [-0.4, -0.2) is 3.42 Å². The minimum absolute atomic E-state index is 0.408. The maximum Gasteiger partial charge on any atom is 0.0206 e. The molecule has 62 valence electrons. The summed E-state index contributed by atoms with van der Waals surface area (Å²) in [7, 11) is 0. The maximum absolute atomic E-state index is 2.50. The fourth-order valence-corrected chi connectivity index (χ4v) is 1.72. The molecular weight excluding hydrogens is 247 g/mol. The van der Waals surface area contributed by atoms with Gasteiger partial charge in [-0.3, -0.25) is 0 Å². The van der Waals surface area contributed by atoms with Gasteiger partial charge in [0.05, 0.1) is 0 Å². The van der Waals surface area contributed by atoms with Crippen LogP contribution in [0.3, 0.4) is 0 Å². The van der Waals surface area contributed by atoms with E-state index < -0.39 is 0 Å². The van der Waals surface area contributed by atoms with E-state index in [1.54, 1.807) is 0 Å². The molecule has 1 aliphatic rings. The van der Waals surface area contributed by atoms with E-state index in [-0.39, 0.29) is 0 Å². The molecule has 0 saturated heterocycles. The lowest BCUT2D eigenvalue weighted by molar-refractivity contribution is 0.740. The molecular formula is C10H15I. The lowest BCUT2D eigenvalue weighted by atomic mass is 9.98. The standard InChI is InChI=1S/C10H15I/c1-10(2,11)8-9-6-4-3-5-7-9/h4,6-7H,3,5,8H2,1-2H3. The molecule has 0 heterocycles. The number of hydrogen-bond donors (Lipinski definition) is 0. The molecule has 0 aromatic carbocycles. The van der Waals surface area contributed by atoms with Gasteiger partial charge in [0.25, 0.3) is 0 Å². The predicted octanol–water partition coefficient (Wildman–Crippen LogP) is 3.87. The minimum Gasteiger partial charge on any atom is -0.0840 e. The molecule has 1 heteroatoms. The Kier molecular flexibility index (Phi) is 3.16. The number of alkyl halides is 1. The van der Waals surface area contributed by atoms with E-state index in [4.69, 9.17) is 0 Å². The molecule has 0 aliphatic heterocycles. The molecule has 0 saturated carbocycles. The van der Waals surface area contributed by atoms with Crippen molar-refractivity contribution in [3.05, 3.63) is 23.8 Å². The van der Waals surface area contributed by atoms with Gasteiger partial charge in [-0.25, -0.2) is 0 Å². The summed E-state index contributed by atoms with van der Waals surface area (Å²) in [6.45, 7) is 4.55. The molecule has 0 unspecified atom stereocenters. The van der Waals surface area contributed by atoms with E-state index in [1.807, 2.05) is 0 Å². The van der Waals surface area contributed by atoms with Crippen molar-refractivity contribution in [3.8, 4) is 0 Å². The van der Waals surface area contributed by atoms with E-state index >= 15 is 0 Å². The normalized spacial score (nSPS) is 18.3. The monoisotopic (exact) mass is 262 g/mol. The highest BCUT2D eigenvalue weighted by Gasteiger charge is 2.13. The Morgan fingerprint density at radius 3 is 2.64 bits per heavy atom. The zero-order valence-electron chi connectivity index (χ0n) is 7.23. The Morgan fingerprint density at radius 2 is 2.18 bits per heavy atom. The molecule has 1 rings (SSSR count). The van der Waals surface area contributed by atoms with Crippen LogP contribution >= 0.6 is 22.6 Å². The van der Waals surface area contributed by atoms with Crippen molar-refractivity contribution >= 4 is 22.6 Å². The molecule has 0 aromatic rings. The summed E-state index contributed by atoms with van der Waals surface area (Å²) in [5.74, 6) is 0. The van der Waals surface area contributed by atoms with E-state index in [1.165, 1.54) is 24.8 Å². The topological polar surface area (TPSA) is 0 Å². The Labute approximate surface area is 82.9 Å². The average molecular weight is 262 g/mol. The molecule has 0 radical (unpaired) electrons. The van der Waals surface area contributed by atoms with Gasteiger partial charge in [-0.05, 0) is 19.3 Å². The van der Waals surface area contributed by atoms with Crippen LogP contribution in [0.1, 0.15) is 33.1 Å². The van der Waals surface area contributed by atoms with Crippen molar-refractivity contribution in [1.29, 1.82) is 0 Å². The van der Waals surface area contributed by atoms with Crippen LogP contribution < -0.4 is 0 Å². The van der Waals surface area contributed by atoms with E-state index in [0.29, 0.717) is 3.42 Å². The van der Waals surface area contributed by atoms with Crippen LogP contribution in [0.4, 0.5) is 0 Å². The van der Waals surface area contributed by atoms with Crippen LogP contribution in [0.15, 0.2) is 23.8 Å². The molecule has 0 spiro atoms. The van der Waals surface area contributed by atoms with Crippen LogP contribution in [0, 0.1) is 0 Å². The fraction of sp³-hybridized carbons (Fsp3) is 0.600.